The number of carbonyl (C=O) groups is 1. The molecule has 1 amide bonds. The van der Waals surface area contributed by atoms with E-state index in [4.69, 9.17) is 0 Å². The summed E-state index contributed by atoms with van der Waals surface area (Å²) < 4.78 is 28.3. The molecular formula is C19H18F2NOTi. The van der Waals surface area contributed by atoms with E-state index in [0.717, 1.165) is 32.1 Å². The first-order valence-corrected chi connectivity index (χ1v) is 8.96. The van der Waals surface area contributed by atoms with Crippen molar-refractivity contribution in [1.82, 2.24) is 0 Å². The van der Waals surface area contributed by atoms with E-state index in [1.807, 2.05) is 6.07 Å². The van der Waals surface area contributed by atoms with Gasteiger partial charge in [-0.1, -0.05) is 0 Å². The fourth-order valence-corrected chi connectivity index (χ4v) is 3.59. The van der Waals surface area contributed by atoms with Crippen LogP contribution in [0.25, 0.3) is 0 Å². The molecule has 2 aromatic carbocycles. The molecule has 24 heavy (non-hydrogen) atoms. The topological polar surface area (TPSA) is 20.3 Å². The van der Waals surface area contributed by atoms with Crippen molar-refractivity contribution in [2.45, 2.75) is 38.1 Å². The quantitative estimate of drug-likeness (QED) is 0.753. The van der Waals surface area contributed by atoms with Crippen LogP contribution in [-0.4, -0.2) is 11.9 Å². The molecule has 0 bridgehead atoms. The maximum absolute atomic E-state index is 14.7. The molecule has 0 N–H and O–H groups in total. The van der Waals surface area contributed by atoms with E-state index in [0.29, 0.717) is 5.56 Å². The monoisotopic (exact) mass is 362 g/mol. The molecule has 0 aliphatic heterocycles. The summed E-state index contributed by atoms with van der Waals surface area (Å²) in [6.45, 7) is 0. The number of anilines is 1. The van der Waals surface area contributed by atoms with Crippen molar-refractivity contribution in [1.29, 1.82) is 0 Å². The Hall–Kier alpha value is -1.52. The van der Waals surface area contributed by atoms with E-state index >= 15 is 0 Å². The van der Waals surface area contributed by atoms with Gasteiger partial charge in [-0.3, -0.25) is 0 Å². The summed E-state index contributed by atoms with van der Waals surface area (Å²) in [4.78, 5) is 14.6. The molecule has 3 rings (SSSR count). The minimum atomic E-state index is -0.648. The van der Waals surface area contributed by atoms with Crippen LogP contribution < -0.4 is 8.77 Å². The van der Waals surface area contributed by atoms with Gasteiger partial charge in [-0.15, -0.1) is 0 Å². The average Bonchev–Trinajstić information content (AvgIpc) is 2.63. The molecule has 0 atom stereocenters. The summed E-state index contributed by atoms with van der Waals surface area (Å²) in [6.07, 6.45) is 4.85. The van der Waals surface area contributed by atoms with Crippen molar-refractivity contribution in [3.05, 3.63) is 59.7 Å². The predicted molar refractivity (Wildman–Crippen MR) is 86.1 cm³/mol. The van der Waals surface area contributed by atoms with Gasteiger partial charge in [0.05, 0.1) is 0 Å². The summed E-state index contributed by atoms with van der Waals surface area (Å²) in [7, 11) is 0. The van der Waals surface area contributed by atoms with Crippen molar-refractivity contribution >= 4 is 15.5 Å². The number of nitrogens with zero attached hydrogens (tertiary/aromatic N) is 1. The van der Waals surface area contributed by atoms with E-state index in [9.17, 15) is 13.6 Å². The molecule has 1 aliphatic rings. The van der Waals surface area contributed by atoms with Crippen molar-refractivity contribution in [3.63, 3.8) is 0 Å². The summed E-state index contributed by atoms with van der Waals surface area (Å²) in [5.41, 5.74) is 0.694. The Kier molecular flexibility index (Phi) is 5.47. The third-order valence-corrected chi connectivity index (χ3v) is 5.23. The molecule has 2 nitrogen and oxygen atoms in total. The molecule has 0 radical (unpaired) electrons. The standard InChI is InChI=1S/C19H18F2NO.Ti/c20-15-11-12-18(17(21)13-15)22(16-9-5-2-6-10-16)19(23)14-7-3-1-4-8-14;/h1,3-4,7-8,11-12,16H,2,5-6,9-10H2;. The van der Waals surface area contributed by atoms with Crippen LogP contribution in [0, 0.1) is 11.6 Å². The van der Waals surface area contributed by atoms with Gasteiger partial charge >= 0.3 is 152 Å². The molecule has 0 unspecified atom stereocenters. The second-order valence-electron chi connectivity index (χ2n) is 6.09. The third kappa shape index (κ3) is 3.45. The number of benzene rings is 2. The Balaban J connectivity index is 2.05. The summed E-state index contributed by atoms with van der Waals surface area (Å²) >= 11 is 1.40. The van der Waals surface area contributed by atoms with E-state index in [2.05, 4.69) is 0 Å². The molecule has 0 heterocycles. The van der Waals surface area contributed by atoms with Crippen LogP contribution in [-0.2, 0) is 20.4 Å². The number of hydrogen-bond donors (Lipinski definition) is 0. The van der Waals surface area contributed by atoms with Crippen molar-refractivity contribution in [2.24, 2.45) is 0 Å². The number of carbonyl (C=O) groups excluding carboxylic acids is 1. The van der Waals surface area contributed by atoms with Crippen molar-refractivity contribution in [3.8, 4) is 0 Å². The Labute approximate surface area is 152 Å². The first-order chi connectivity index (χ1) is 11.6. The molecule has 0 aromatic heterocycles. The molecule has 2 aromatic rings. The maximum atomic E-state index is 14.7. The van der Waals surface area contributed by atoms with Crippen LogP contribution in [0.15, 0.2) is 42.5 Å². The molecule has 1 fully saturated rings. The van der Waals surface area contributed by atoms with Gasteiger partial charge in [0, 0.05) is 0 Å². The van der Waals surface area contributed by atoms with Crippen molar-refractivity contribution < 1.29 is 34.0 Å². The Morgan fingerprint density at radius 1 is 1.00 bits per heavy atom. The van der Waals surface area contributed by atoms with Gasteiger partial charge in [-0.25, -0.2) is 0 Å². The summed E-state index contributed by atoms with van der Waals surface area (Å²) in [5.74, 6) is -1.47. The first-order valence-electron chi connectivity index (χ1n) is 8.18. The Morgan fingerprint density at radius 3 is 2.33 bits per heavy atom. The molecule has 1 aliphatic carbocycles. The first kappa shape index (κ1) is 17.3. The number of amides is 1. The summed E-state index contributed by atoms with van der Waals surface area (Å²) in [5, 5.41) is 0. The minimum absolute atomic E-state index is 0.0471. The molecule has 0 spiro atoms. The van der Waals surface area contributed by atoms with Gasteiger partial charge in [0.1, 0.15) is 0 Å². The number of hydrogen-bond acceptors (Lipinski definition) is 1. The SMILES string of the molecule is O=C(c1ccccc1)N(c1ccc(F)[c]([Ti])c1F)C1CCCCC1. The van der Waals surface area contributed by atoms with E-state index < -0.39 is 11.6 Å². The normalized spacial score (nSPS) is 15.2. The molecule has 123 valence electrons. The van der Waals surface area contributed by atoms with Crippen LogP contribution in [0.4, 0.5) is 14.5 Å². The Morgan fingerprint density at radius 2 is 1.67 bits per heavy atom. The van der Waals surface area contributed by atoms with Crippen LogP contribution in [0.2, 0.25) is 0 Å². The van der Waals surface area contributed by atoms with E-state index in [-0.39, 0.29) is 21.5 Å². The second-order valence-corrected chi connectivity index (χ2v) is 6.87. The molecule has 0 saturated heterocycles. The zero-order chi connectivity index (χ0) is 17.1. The van der Waals surface area contributed by atoms with Gasteiger partial charge in [0.2, 0.25) is 0 Å². The molecular weight excluding hydrogens is 344 g/mol. The van der Waals surface area contributed by atoms with Crippen LogP contribution in [0.5, 0.6) is 0 Å². The fourth-order valence-electron chi connectivity index (χ4n) is 3.26. The van der Waals surface area contributed by atoms with Gasteiger partial charge in [-0.2, -0.15) is 0 Å². The molecule has 1 saturated carbocycles. The summed E-state index contributed by atoms with van der Waals surface area (Å²) in [6, 6.07) is 11.4. The number of rotatable bonds is 3. The van der Waals surface area contributed by atoms with Gasteiger partial charge in [0.15, 0.2) is 0 Å². The van der Waals surface area contributed by atoms with Crippen LogP contribution >= 0.6 is 0 Å². The Bertz CT molecular complexity index is 730. The fraction of sp³-hybridized carbons (Fsp3) is 0.316. The average molecular weight is 362 g/mol. The zero-order valence-corrected chi connectivity index (χ0v) is 14.8. The molecule has 5 heteroatoms. The third-order valence-electron chi connectivity index (χ3n) is 4.51. The number of halogens is 2. The van der Waals surface area contributed by atoms with E-state index in [1.54, 1.807) is 24.3 Å². The van der Waals surface area contributed by atoms with E-state index in [1.165, 1.54) is 37.5 Å². The van der Waals surface area contributed by atoms with Crippen LogP contribution in [0.3, 0.4) is 0 Å². The second kappa shape index (κ2) is 7.58. The zero-order valence-electron chi connectivity index (χ0n) is 13.3. The predicted octanol–water partition coefficient (Wildman–Crippen LogP) is 4.12. The van der Waals surface area contributed by atoms with Gasteiger partial charge in [-0.05, 0) is 0 Å². The van der Waals surface area contributed by atoms with Crippen LogP contribution in [0.1, 0.15) is 42.5 Å². The van der Waals surface area contributed by atoms with Gasteiger partial charge in [0.25, 0.3) is 0 Å². The van der Waals surface area contributed by atoms with Gasteiger partial charge < -0.3 is 0 Å². The van der Waals surface area contributed by atoms with Crippen molar-refractivity contribution in [2.75, 3.05) is 4.90 Å².